The number of rotatable bonds is 7. The molecule has 2 aromatic heterocycles. The third kappa shape index (κ3) is 3.90. The molecule has 0 aliphatic heterocycles. The molecule has 176 valence electrons. The standard InChI is InChI=1S/C22H27FN6O3S/c1-4-22(15-12-27-28-20(15)24)8-5-7-21(22,3)32-17-11-16(23)18(10-14(17)2)33(30,31)29-19-6-9-25-13-26-19/h6,9-13H,4-5,7-8H2,1-3H3,(H3,24,27,28)(H,25,26,29)/t21-,22+/m1/s1. The number of hydrogen-bond donors (Lipinski definition) is 3. The van der Waals surface area contributed by atoms with Gasteiger partial charge in [-0.3, -0.25) is 9.82 Å². The quantitative estimate of drug-likeness (QED) is 0.475. The third-order valence-corrected chi connectivity index (χ3v) is 8.10. The van der Waals surface area contributed by atoms with Crippen LogP contribution in [0, 0.1) is 12.7 Å². The van der Waals surface area contributed by atoms with E-state index in [1.807, 2.05) is 6.92 Å². The van der Waals surface area contributed by atoms with Gasteiger partial charge in [0.1, 0.15) is 40.0 Å². The molecule has 0 bridgehead atoms. The molecule has 0 amide bonds. The molecule has 2 heterocycles. The number of nitrogens with two attached hydrogens (primary N) is 1. The lowest BCUT2D eigenvalue weighted by Gasteiger charge is -2.43. The molecule has 1 aliphatic rings. The fourth-order valence-electron chi connectivity index (χ4n) is 4.96. The first-order valence-corrected chi connectivity index (χ1v) is 12.2. The van der Waals surface area contributed by atoms with Crippen molar-refractivity contribution in [1.82, 2.24) is 20.2 Å². The number of nitrogen functional groups attached to an aromatic ring is 1. The topological polar surface area (TPSA) is 136 Å². The van der Waals surface area contributed by atoms with Crippen LogP contribution >= 0.6 is 0 Å². The summed E-state index contributed by atoms with van der Waals surface area (Å²) >= 11 is 0. The van der Waals surface area contributed by atoms with E-state index in [0.29, 0.717) is 11.4 Å². The average molecular weight is 475 g/mol. The summed E-state index contributed by atoms with van der Waals surface area (Å²) in [4.78, 5) is 7.08. The largest absolute Gasteiger partial charge is 0.486 e. The van der Waals surface area contributed by atoms with Gasteiger partial charge in [-0.1, -0.05) is 6.92 Å². The smallest absolute Gasteiger partial charge is 0.265 e. The van der Waals surface area contributed by atoms with Crippen LogP contribution in [0.25, 0.3) is 0 Å². The number of ether oxygens (including phenoxy) is 1. The number of aryl methyl sites for hydroxylation is 1. The maximum absolute atomic E-state index is 15.1. The van der Waals surface area contributed by atoms with Crippen LogP contribution in [0.1, 0.15) is 50.7 Å². The van der Waals surface area contributed by atoms with E-state index in [2.05, 4.69) is 31.8 Å². The third-order valence-electron chi connectivity index (χ3n) is 6.73. The molecule has 0 spiro atoms. The zero-order valence-corrected chi connectivity index (χ0v) is 19.5. The molecular weight excluding hydrogens is 447 g/mol. The fourth-order valence-corrected chi connectivity index (χ4v) is 6.11. The van der Waals surface area contributed by atoms with Crippen LogP contribution in [-0.2, 0) is 15.4 Å². The molecule has 2 atom stereocenters. The summed E-state index contributed by atoms with van der Waals surface area (Å²) in [5, 5.41) is 6.89. The minimum Gasteiger partial charge on any atom is -0.486 e. The highest BCUT2D eigenvalue weighted by atomic mass is 32.2. The Bertz CT molecular complexity index is 1270. The maximum Gasteiger partial charge on any atom is 0.265 e. The number of nitrogens with zero attached hydrogens (tertiary/aromatic N) is 3. The first-order chi connectivity index (χ1) is 15.6. The summed E-state index contributed by atoms with van der Waals surface area (Å²) in [5.41, 5.74) is 6.45. The number of aromatic amines is 1. The molecule has 11 heteroatoms. The second kappa shape index (κ2) is 8.29. The molecule has 9 nitrogen and oxygen atoms in total. The Morgan fingerprint density at radius 1 is 1.33 bits per heavy atom. The fraction of sp³-hybridized carbons (Fsp3) is 0.409. The molecular formula is C22H27FN6O3S. The van der Waals surface area contributed by atoms with Crippen molar-refractivity contribution in [3.05, 3.63) is 53.9 Å². The van der Waals surface area contributed by atoms with E-state index < -0.39 is 31.8 Å². The maximum atomic E-state index is 15.1. The van der Waals surface area contributed by atoms with Crippen molar-refractivity contribution >= 4 is 21.7 Å². The second-order valence-corrected chi connectivity index (χ2v) is 10.2. The van der Waals surface area contributed by atoms with Crippen LogP contribution in [0.3, 0.4) is 0 Å². The molecule has 0 radical (unpaired) electrons. The van der Waals surface area contributed by atoms with E-state index in [-0.39, 0.29) is 11.6 Å². The number of H-pyrrole nitrogens is 1. The van der Waals surface area contributed by atoms with Gasteiger partial charge in [-0.05, 0) is 57.2 Å². The average Bonchev–Trinajstić information content (AvgIpc) is 3.34. The molecule has 33 heavy (non-hydrogen) atoms. The van der Waals surface area contributed by atoms with Gasteiger partial charge in [0, 0.05) is 23.2 Å². The highest BCUT2D eigenvalue weighted by molar-refractivity contribution is 7.92. The van der Waals surface area contributed by atoms with Crippen molar-refractivity contribution in [3.63, 3.8) is 0 Å². The SMILES string of the molecule is CC[C@@]1(c2cn[nH]c2N)CCC[C@@]1(C)Oc1cc(F)c(S(=O)(=O)Nc2ccncn2)cc1C. The number of hydrogen-bond acceptors (Lipinski definition) is 7. The van der Waals surface area contributed by atoms with Crippen molar-refractivity contribution in [1.29, 1.82) is 0 Å². The van der Waals surface area contributed by atoms with E-state index in [9.17, 15) is 8.42 Å². The lowest BCUT2D eigenvalue weighted by molar-refractivity contribution is 0.0217. The van der Waals surface area contributed by atoms with Gasteiger partial charge in [0.05, 0.1) is 6.20 Å². The van der Waals surface area contributed by atoms with Crippen LogP contribution in [0.2, 0.25) is 0 Å². The van der Waals surface area contributed by atoms with E-state index in [0.717, 1.165) is 37.3 Å². The van der Waals surface area contributed by atoms with Crippen LogP contribution in [-0.4, -0.2) is 34.2 Å². The number of nitrogens with one attached hydrogen (secondary N) is 2. The molecule has 0 unspecified atom stereocenters. The summed E-state index contributed by atoms with van der Waals surface area (Å²) in [6.07, 6.45) is 7.57. The molecule has 4 rings (SSSR count). The van der Waals surface area contributed by atoms with E-state index in [1.54, 1.807) is 13.1 Å². The zero-order chi connectivity index (χ0) is 23.9. The first kappa shape index (κ1) is 23.0. The van der Waals surface area contributed by atoms with Crippen molar-refractivity contribution in [2.24, 2.45) is 0 Å². The Hall–Kier alpha value is -3.21. The van der Waals surface area contributed by atoms with Crippen LogP contribution in [0.4, 0.5) is 16.0 Å². The lowest BCUT2D eigenvalue weighted by atomic mass is 9.68. The minimum atomic E-state index is -4.19. The number of sulfonamides is 1. The second-order valence-electron chi connectivity index (χ2n) is 8.57. The number of benzene rings is 1. The Morgan fingerprint density at radius 3 is 2.76 bits per heavy atom. The van der Waals surface area contributed by atoms with Gasteiger partial charge in [-0.2, -0.15) is 5.10 Å². The van der Waals surface area contributed by atoms with Gasteiger partial charge < -0.3 is 10.5 Å². The van der Waals surface area contributed by atoms with Gasteiger partial charge in [0.2, 0.25) is 0 Å². The normalized spacial score (nSPS) is 22.9. The lowest BCUT2D eigenvalue weighted by Crippen LogP contribution is -2.49. The number of halogens is 1. The van der Waals surface area contributed by atoms with Gasteiger partial charge in [-0.25, -0.2) is 22.8 Å². The summed E-state index contributed by atoms with van der Waals surface area (Å²) < 4.78 is 49.3. The predicted octanol–water partition coefficient (Wildman–Crippen LogP) is 3.70. The molecule has 1 aromatic carbocycles. The molecule has 4 N–H and O–H groups in total. The highest BCUT2D eigenvalue weighted by Gasteiger charge is 2.55. The van der Waals surface area contributed by atoms with Gasteiger partial charge in [0.25, 0.3) is 10.0 Å². The molecule has 1 saturated carbocycles. The Kier molecular flexibility index (Phi) is 5.77. The van der Waals surface area contributed by atoms with E-state index in [4.69, 9.17) is 10.5 Å². The Morgan fingerprint density at radius 2 is 2.12 bits per heavy atom. The summed E-state index contributed by atoms with van der Waals surface area (Å²) in [7, 11) is -4.19. The molecule has 3 aromatic rings. The summed E-state index contributed by atoms with van der Waals surface area (Å²) in [6, 6.07) is 3.78. The van der Waals surface area contributed by atoms with Gasteiger partial charge in [0.15, 0.2) is 0 Å². The van der Waals surface area contributed by atoms with E-state index in [1.165, 1.54) is 24.7 Å². The summed E-state index contributed by atoms with van der Waals surface area (Å²) in [6.45, 7) is 5.76. The van der Waals surface area contributed by atoms with Crippen molar-refractivity contribution in [2.75, 3.05) is 10.5 Å². The number of aromatic nitrogens is 4. The Balaban J connectivity index is 1.68. The number of anilines is 2. The predicted molar refractivity (Wildman–Crippen MR) is 122 cm³/mol. The van der Waals surface area contributed by atoms with Crippen molar-refractivity contribution in [2.45, 2.75) is 62.4 Å². The van der Waals surface area contributed by atoms with E-state index >= 15 is 4.39 Å². The zero-order valence-electron chi connectivity index (χ0n) is 18.7. The van der Waals surface area contributed by atoms with Gasteiger partial charge in [-0.15, -0.1) is 0 Å². The van der Waals surface area contributed by atoms with Crippen LogP contribution in [0.5, 0.6) is 5.75 Å². The Labute approximate surface area is 192 Å². The van der Waals surface area contributed by atoms with Crippen LogP contribution < -0.4 is 15.2 Å². The van der Waals surface area contributed by atoms with Crippen LogP contribution in [0.15, 0.2) is 41.8 Å². The molecule has 1 aliphatic carbocycles. The monoisotopic (exact) mass is 474 g/mol. The molecule has 0 saturated heterocycles. The van der Waals surface area contributed by atoms with Gasteiger partial charge >= 0.3 is 0 Å². The highest BCUT2D eigenvalue weighted by Crippen LogP contribution is 2.54. The molecule has 1 fully saturated rings. The van der Waals surface area contributed by atoms with Crippen molar-refractivity contribution < 1.29 is 17.5 Å². The first-order valence-electron chi connectivity index (χ1n) is 10.7. The van der Waals surface area contributed by atoms with Crippen molar-refractivity contribution in [3.8, 4) is 5.75 Å². The summed E-state index contributed by atoms with van der Waals surface area (Å²) in [5.74, 6) is -0.0820. The minimum absolute atomic E-state index is 0.0475.